The molecule has 0 spiro atoms. The second kappa shape index (κ2) is 7.20. The van der Waals surface area contributed by atoms with Gasteiger partial charge in [0.05, 0.1) is 6.61 Å². The molecular weight excluding hydrogens is 302 g/mol. The zero-order valence-electron chi connectivity index (χ0n) is 11.5. The van der Waals surface area contributed by atoms with Crippen LogP contribution in [0.25, 0.3) is 0 Å². The van der Waals surface area contributed by atoms with Crippen molar-refractivity contribution in [3.63, 3.8) is 0 Å². The van der Waals surface area contributed by atoms with E-state index in [0.717, 1.165) is 12.3 Å². The van der Waals surface area contributed by atoms with Gasteiger partial charge in [0.2, 0.25) is 10.0 Å². The Labute approximate surface area is 121 Å². The minimum atomic E-state index is -3.75. The number of rotatable bonds is 8. The van der Waals surface area contributed by atoms with Crippen LogP contribution in [-0.4, -0.2) is 56.7 Å². The standard InChI is InChI=1S/C11H17N3O6S/c1-7(11(16)17)14-10(15)9-5-8(6-12-9)21(18,19)13-3-4-20-2/h5-7,12-13H,3-4H2,1-2H3,(H,14,15)(H,16,17). The van der Waals surface area contributed by atoms with Crippen molar-refractivity contribution in [3.05, 3.63) is 18.0 Å². The Morgan fingerprint density at radius 1 is 1.48 bits per heavy atom. The third kappa shape index (κ3) is 4.85. The molecule has 1 amide bonds. The zero-order chi connectivity index (χ0) is 16.0. The number of carboxylic acids is 1. The van der Waals surface area contributed by atoms with E-state index in [1.807, 2.05) is 0 Å². The molecule has 0 radical (unpaired) electrons. The Kier molecular flexibility index (Phi) is 5.88. The van der Waals surface area contributed by atoms with Crippen molar-refractivity contribution in [2.45, 2.75) is 17.9 Å². The van der Waals surface area contributed by atoms with Crippen LogP contribution in [0.15, 0.2) is 17.2 Å². The highest BCUT2D eigenvalue weighted by molar-refractivity contribution is 7.89. The molecule has 1 aromatic heterocycles. The zero-order valence-corrected chi connectivity index (χ0v) is 12.4. The summed E-state index contributed by atoms with van der Waals surface area (Å²) in [5, 5.41) is 10.9. The number of nitrogens with one attached hydrogen (secondary N) is 3. The van der Waals surface area contributed by atoms with E-state index in [4.69, 9.17) is 9.84 Å². The van der Waals surface area contributed by atoms with E-state index in [-0.39, 0.29) is 23.7 Å². The van der Waals surface area contributed by atoms with Gasteiger partial charge in [-0.1, -0.05) is 0 Å². The molecule has 0 fully saturated rings. The van der Waals surface area contributed by atoms with Crippen LogP contribution in [0.3, 0.4) is 0 Å². The highest BCUT2D eigenvalue weighted by Gasteiger charge is 2.20. The second-order valence-corrected chi connectivity index (χ2v) is 5.94. The summed E-state index contributed by atoms with van der Waals surface area (Å²) in [6.45, 7) is 1.61. The summed E-state index contributed by atoms with van der Waals surface area (Å²) < 4.78 is 30.7. The minimum Gasteiger partial charge on any atom is -0.480 e. The fourth-order valence-corrected chi connectivity index (χ4v) is 2.36. The molecule has 9 nitrogen and oxygen atoms in total. The number of aromatic nitrogens is 1. The van der Waals surface area contributed by atoms with Gasteiger partial charge >= 0.3 is 5.97 Å². The first-order chi connectivity index (χ1) is 9.77. The van der Waals surface area contributed by atoms with Crippen molar-refractivity contribution < 1.29 is 27.9 Å². The van der Waals surface area contributed by atoms with Gasteiger partial charge in [-0.3, -0.25) is 9.59 Å². The topological polar surface area (TPSA) is 138 Å². The van der Waals surface area contributed by atoms with Crippen LogP contribution in [0.2, 0.25) is 0 Å². The quantitative estimate of drug-likeness (QED) is 0.460. The van der Waals surface area contributed by atoms with Gasteiger partial charge < -0.3 is 20.1 Å². The van der Waals surface area contributed by atoms with Crippen LogP contribution < -0.4 is 10.0 Å². The molecule has 0 aromatic carbocycles. The molecule has 1 unspecified atom stereocenters. The predicted octanol–water partition coefficient (Wildman–Crippen LogP) is -0.858. The SMILES string of the molecule is COCCNS(=O)(=O)c1c[nH]c(C(=O)NC(C)C(=O)O)c1. The monoisotopic (exact) mass is 319 g/mol. The first-order valence-electron chi connectivity index (χ1n) is 5.98. The Balaban J connectivity index is 2.76. The normalized spacial score (nSPS) is 12.9. The number of sulfonamides is 1. The van der Waals surface area contributed by atoms with E-state index in [1.54, 1.807) is 0 Å². The van der Waals surface area contributed by atoms with Gasteiger partial charge in [0.25, 0.3) is 5.91 Å². The van der Waals surface area contributed by atoms with Gasteiger partial charge in [0, 0.05) is 19.9 Å². The summed E-state index contributed by atoms with van der Waals surface area (Å²) in [5.41, 5.74) is -0.0461. The minimum absolute atomic E-state index is 0.0461. The van der Waals surface area contributed by atoms with Gasteiger partial charge in [-0.25, -0.2) is 13.1 Å². The van der Waals surface area contributed by atoms with Gasteiger partial charge in [-0.05, 0) is 13.0 Å². The van der Waals surface area contributed by atoms with Crippen molar-refractivity contribution in [1.82, 2.24) is 15.0 Å². The van der Waals surface area contributed by atoms with Gasteiger partial charge in [0.15, 0.2) is 0 Å². The lowest BCUT2D eigenvalue weighted by molar-refractivity contribution is -0.138. The average molecular weight is 319 g/mol. The lowest BCUT2D eigenvalue weighted by Crippen LogP contribution is -2.38. The number of amides is 1. The van der Waals surface area contributed by atoms with E-state index in [1.165, 1.54) is 14.0 Å². The van der Waals surface area contributed by atoms with E-state index in [2.05, 4.69) is 15.0 Å². The number of ether oxygens (including phenoxy) is 1. The number of aromatic amines is 1. The average Bonchev–Trinajstić information content (AvgIpc) is 2.89. The number of carbonyl (C=O) groups excluding carboxylic acids is 1. The largest absolute Gasteiger partial charge is 0.480 e. The molecule has 1 rings (SSSR count). The van der Waals surface area contributed by atoms with Crippen molar-refractivity contribution in [2.75, 3.05) is 20.3 Å². The summed E-state index contributed by atoms with van der Waals surface area (Å²) >= 11 is 0. The van der Waals surface area contributed by atoms with Crippen LogP contribution in [0, 0.1) is 0 Å². The summed E-state index contributed by atoms with van der Waals surface area (Å²) in [6.07, 6.45) is 1.15. The second-order valence-electron chi connectivity index (χ2n) is 4.17. The van der Waals surface area contributed by atoms with Crippen molar-refractivity contribution >= 4 is 21.9 Å². The highest BCUT2D eigenvalue weighted by Crippen LogP contribution is 2.10. The number of carbonyl (C=O) groups is 2. The lowest BCUT2D eigenvalue weighted by Gasteiger charge is -2.07. The van der Waals surface area contributed by atoms with Crippen molar-refractivity contribution in [3.8, 4) is 0 Å². The first-order valence-corrected chi connectivity index (χ1v) is 7.47. The molecular formula is C11H17N3O6S. The van der Waals surface area contributed by atoms with Crippen LogP contribution in [0.1, 0.15) is 17.4 Å². The molecule has 118 valence electrons. The number of methoxy groups -OCH3 is 1. The predicted molar refractivity (Wildman–Crippen MR) is 72.4 cm³/mol. The number of carboxylic acid groups (broad SMARTS) is 1. The van der Waals surface area contributed by atoms with Crippen molar-refractivity contribution in [2.24, 2.45) is 0 Å². The maximum atomic E-state index is 11.9. The Hall–Kier alpha value is -1.91. The number of hydrogen-bond acceptors (Lipinski definition) is 5. The molecule has 1 aromatic rings. The Morgan fingerprint density at radius 2 is 2.14 bits per heavy atom. The van der Waals surface area contributed by atoms with E-state index in [0.29, 0.717) is 0 Å². The summed E-state index contributed by atoms with van der Waals surface area (Å²) in [4.78, 5) is 24.7. The van der Waals surface area contributed by atoms with E-state index in [9.17, 15) is 18.0 Å². The van der Waals surface area contributed by atoms with Crippen LogP contribution in [0.5, 0.6) is 0 Å². The third-order valence-electron chi connectivity index (χ3n) is 2.53. The molecule has 0 saturated heterocycles. The maximum Gasteiger partial charge on any atom is 0.325 e. The molecule has 21 heavy (non-hydrogen) atoms. The maximum absolute atomic E-state index is 11.9. The molecule has 0 aliphatic rings. The smallest absolute Gasteiger partial charge is 0.325 e. The summed E-state index contributed by atoms with van der Waals surface area (Å²) in [5.74, 6) is -1.90. The summed E-state index contributed by atoms with van der Waals surface area (Å²) in [6, 6.07) is 0.0413. The van der Waals surface area contributed by atoms with Crippen LogP contribution >= 0.6 is 0 Å². The van der Waals surface area contributed by atoms with Gasteiger partial charge in [-0.2, -0.15) is 0 Å². The molecule has 0 aliphatic carbocycles. The lowest BCUT2D eigenvalue weighted by atomic mass is 10.3. The van der Waals surface area contributed by atoms with Crippen molar-refractivity contribution in [1.29, 1.82) is 0 Å². The fraction of sp³-hybridized carbons (Fsp3) is 0.455. The van der Waals surface area contributed by atoms with E-state index >= 15 is 0 Å². The third-order valence-corrected chi connectivity index (χ3v) is 3.97. The van der Waals surface area contributed by atoms with Crippen LogP contribution in [0.4, 0.5) is 0 Å². The first kappa shape index (κ1) is 17.1. The molecule has 0 bridgehead atoms. The highest BCUT2D eigenvalue weighted by atomic mass is 32.2. The molecule has 1 heterocycles. The van der Waals surface area contributed by atoms with E-state index < -0.39 is 27.9 Å². The number of hydrogen-bond donors (Lipinski definition) is 4. The van der Waals surface area contributed by atoms with Crippen LogP contribution in [-0.2, 0) is 19.6 Å². The Morgan fingerprint density at radius 3 is 2.71 bits per heavy atom. The molecule has 0 saturated carbocycles. The fourth-order valence-electron chi connectivity index (χ4n) is 1.36. The Bertz CT molecular complexity index is 609. The molecule has 1 atom stereocenters. The van der Waals surface area contributed by atoms with Gasteiger partial charge in [-0.15, -0.1) is 0 Å². The van der Waals surface area contributed by atoms with Gasteiger partial charge in [0.1, 0.15) is 16.6 Å². The molecule has 10 heteroatoms. The number of H-pyrrole nitrogens is 1. The number of aliphatic carboxylic acids is 1. The summed E-state index contributed by atoms with van der Waals surface area (Å²) in [7, 11) is -2.31. The molecule has 4 N–H and O–H groups in total. The molecule has 0 aliphatic heterocycles.